The van der Waals surface area contributed by atoms with Crippen LogP contribution in [0.3, 0.4) is 0 Å². The predicted octanol–water partition coefficient (Wildman–Crippen LogP) is 1.86. The van der Waals surface area contributed by atoms with E-state index in [1.165, 1.54) is 0 Å². The molecule has 17 heavy (non-hydrogen) atoms. The first kappa shape index (κ1) is 11.5. The maximum absolute atomic E-state index is 12.1. The average molecular weight is 229 g/mol. The van der Waals surface area contributed by atoms with Gasteiger partial charge in [0.15, 0.2) is 5.78 Å². The molecule has 2 aromatic heterocycles. The Balaban J connectivity index is 2.23. The summed E-state index contributed by atoms with van der Waals surface area (Å²) in [5, 5.41) is 4.23. The summed E-state index contributed by atoms with van der Waals surface area (Å²) < 4.78 is 1.75. The summed E-state index contributed by atoms with van der Waals surface area (Å²) in [4.78, 5) is 16.1. The van der Waals surface area contributed by atoms with Crippen LogP contribution in [0, 0.1) is 13.8 Å². The summed E-state index contributed by atoms with van der Waals surface area (Å²) in [6.07, 6.45) is 3.69. The van der Waals surface area contributed by atoms with Crippen molar-refractivity contribution in [3.8, 4) is 0 Å². The van der Waals surface area contributed by atoms with Crippen LogP contribution in [0.2, 0.25) is 0 Å². The topological polar surface area (TPSA) is 47.8 Å². The number of hydrogen-bond donors (Lipinski definition) is 0. The zero-order valence-corrected chi connectivity index (χ0v) is 10.3. The van der Waals surface area contributed by atoms with Crippen molar-refractivity contribution < 1.29 is 4.79 Å². The summed E-state index contributed by atoms with van der Waals surface area (Å²) in [5.41, 5.74) is 3.50. The number of ketones is 1. The van der Waals surface area contributed by atoms with Crippen molar-refractivity contribution in [3.63, 3.8) is 0 Å². The molecule has 0 amide bonds. The lowest BCUT2D eigenvalue weighted by atomic mass is 10.0. The first-order valence-electron chi connectivity index (χ1n) is 5.51. The molecule has 0 bridgehead atoms. The Morgan fingerprint density at radius 1 is 1.41 bits per heavy atom. The molecule has 0 fully saturated rings. The second-order valence-corrected chi connectivity index (χ2v) is 4.19. The molecule has 0 aliphatic carbocycles. The number of aromatic nitrogens is 3. The van der Waals surface area contributed by atoms with Crippen molar-refractivity contribution in [1.82, 2.24) is 14.8 Å². The molecule has 0 saturated carbocycles. The fraction of sp³-hybridized carbons (Fsp3) is 0.308. The van der Waals surface area contributed by atoms with E-state index in [0.717, 1.165) is 17.0 Å². The Morgan fingerprint density at radius 3 is 2.76 bits per heavy atom. The standard InChI is InChI=1S/C13H15N3O/c1-9-4-5-14-8-12(9)13(17)7-11-6-10(2)15-16(11)3/h4-6,8H,7H2,1-3H3. The van der Waals surface area contributed by atoms with Gasteiger partial charge in [0.1, 0.15) is 0 Å². The molecule has 0 N–H and O–H groups in total. The molecule has 2 rings (SSSR count). The minimum absolute atomic E-state index is 0.0820. The van der Waals surface area contributed by atoms with E-state index in [9.17, 15) is 4.79 Å². The predicted molar refractivity (Wildman–Crippen MR) is 65.0 cm³/mol. The number of Topliss-reactive ketones (excluding diaryl/α,β-unsaturated/α-hetero) is 1. The van der Waals surface area contributed by atoms with E-state index in [2.05, 4.69) is 10.1 Å². The number of pyridine rings is 1. The van der Waals surface area contributed by atoms with Gasteiger partial charge in [0.2, 0.25) is 0 Å². The van der Waals surface area contributed by atoms with Gasteiger partial charge in [0.05, 0.1) is 12.1 Å². The van der Waals surface area contributed by atoms with Gasteiger partial charge in [0.25, 0.3) is 0 Å². The Kier molecular flexibility index (Phi) is 3.04. The van der Waals surface area contributed by atoms with Gasteiger partial charge in [-0.1, -0.05) is 0 Å². The first-order valence-corrected chi connectivity index (χ1v) is 5.51. The summed E-state index contributed by atoms with van der Waals surface area (Å²) in [7, 11) is 1.85. The summed E-state index contributed by atoms with van der Waals surface area (Å²) >= 11 is 0. The van der Waals surface area contributed by atoms with Crippen LogP contribution in [0.5, 0.6) is 0 Å². The molecule has 4 nitrogen and oxygen atoms in total. The van der Waals surface area contributed by atoms with Crippen molar-refractivity contribution in [3.05, 3.63) is 47.0 Å². The van der Waals surface area contributed by atoms with Crippen LogP contribution < -0.4 is 0 Å². The van der Waals surface area contributed by atoms with E-state index in [4.69, 9.17) is 0 Å². The highest BCUT2D eigenvalue weighted by Gasteiger charge is 2.12. The molecule has 4 heteroatoms. The minimum Gasteiger partial charge on any atom is -0.294 e. The number of nitrogens with zero attached hydrogens (tertiary/aromatic N) is 3. The number of carbonyl (C=O) groups is 1. The molecular formula is C13H15N3O. The quantitative estimate of drug-likeness (QED) is 0.755. The molecule has 0 unspecified atom stereocenters. The van der Waals surface area contributed by atoms with Gasteiger partial charge in [-0.25, -0.2) is 0 Å². The molecule has 0 spiro atoms. The normalized spacial score (nSPS) is 10.5. The third-order valence-electron chi connectivity index (χ3n) is 2.78. The van der Waals surface area contributed by atoms with Crippen molar-refractivity contribution in [2.75, 3.05) is 0 Å². The Hall–Kier alpha value is -1.97. The van der Waals surface area contributed by atoms with Crippen LogP contribution in [-0.4, -0.2) is 20.5 Å². The minimum atomic E-state index is 0.0820. The van der Waals surface area contributed by atoms with Crippen LogP contribution in [0.15, 0.2) is 24.5 Å². The average Bonchev–Trinajstić information content (AvgIpc) is 2.58. The molecule has 88 valence electrons. The highest BCUT2D eigenvalue weighted by atomic mass is 16.1. The Bertz CT molecular complexity index is 558. The zero-order chi connectivity index (χ0) is 12.4. The third-order valence-corrected chi connectivity index (χ3v) is 2.78. The van der Waals surface area contributed by atoms with Gasteiger partial charge in [-0.2, -0.15) is 5.10 Å². The van der Waals surface area contributed by atoms with E-state index in [1.807, 2.05) is 33.0 Å². The maximum Gasteiger partial charge on any atom is 0.170 e. The van der Waals surface area contributed by atoms with Crippen molar-refractivity contribution in [1.29, 1.82) is 0 Å². The number of hydrogen-bond acceptors (Lipinski definition) is 3. The Morgan fingerprint density at radius 2 is 2.18 bits per heavy atom. The molecular weight excluding hydrogens is 214 g/mol. The van der Waals surface area contributed by atoms with Gasteiger partial charge in [-0.15, -0.1) is 0 Å². The molecule has 0 aromatic carbocycles. The third kappa shape index (κ3) is 2.41. The van der Waals surface area contributed by atoms with Crippen LogP contribution in [-0.2, 0) is 13.5 Å². The second-order valence-electron chi connectivity index (χ2n) is 4.19. The van der Waals surface area contributed by atoms with Crippen molar-refractivity contribution >= 4 is 5.78 Å². The Labute approximate surface area is 100 Å². The van der Waals surface area contributed by atoms with Crippen molar-refractivity contribution in [2.24, 2.45) is 7.05 Å². The SMILES string of the molecule is Cc1cc(CC(=O)c2cnccc2C)n(C)n1. The molecule has 0 radical (unpaired) electrons. The van der Waals surface area contributed by atoms with Gasteiger partial charge in [-0.3, -0.25) is 14.5 Å². The second kappa shape index (κ2) is 4.49. The van der Waals surface area contributed by atoms with Crippen LogP contribution in [0.25, 0.3) is 0 Å². The van der Waals surface area contributed by atoms with E-state index >= 15 is 0 Å². The van der Waals surface area contributed by atoms with E-state index in [1.54, 1.807) is 17.1 Å². The number of carbonyl (C=O) groups excluding carboxylic acids is 1. The lowest BCUT2D eigenvalue weighted by Crippen LogP contribution is -2.09. The maximum atomic E-state index is 12.1. The molecule has 2 aromatic rings. The van der Waals surface area contributed by atoms with E-state index < -0.39 is 0 Å². The molecule has 0 saturated heterocycles. The lowest BCUT2D eigenvalue weighted by Gasteiger charge is -2.04. The monoisotopic (exact) mass is 229 g/mol. The number of rotatable bonds is 3. The highest BCUT2D eigenvalue weighted by molar-refractivity contribution is 5.98. The molecule has 0 aliphatic rings. The van der Waals surface area contributed by atoms with E-state index in [0.29, 0.717) is 12.0 Å². The fourth-order valence-corrected chi connectivity index (χ4v) is 1.85. The first-order chi connectivity index (χ1) is 8.08. The van der Waals surface area contributed by atoms with Crippen LogP contribution >= 0.6 is 0 Å². The van der Waals surface area contributed by atoms with Crippen LogP contribution in [0.4, 0.5) is 0 Å². The zero-order valence-electron chi connectivity index (χ0n) is 10.3. The molecule has 0 aliphatic heterocycles. The van der Waals surface area contributed by atoms with Crippen LogP contribution in [0.1, 0.15) is 27.3 Å². The largest absolute Gasteiger partial charge is 0.294 e. The van der Waals surface area contributed by atoms with Gasteiger partial charge in [0, 0.05) is 30.7 Å². The van der Waals surface area contributed by atoms with Crippen molar-refractivity contribution in [2.45, 2.75) is 20.3 Å². The lowest BCUT2D eigenvalue weighted by molar-refractivity contribution is 0.0990. The summed E-state index contributed by atoms with van der Waals surface area (Å²) in [6.45, 7) is 3.84. The highest BCUT2D eigenvalue weighted by Crippen LogP contribution is 2.11. The van der Waals surface area contributed by atoms with Gasteiger partial charge < -0.3 is 0 Å². The molecule has 0 atom stereocenters. The van der Waals surface area contributed by atoms with E-state index in [-0.39, 0.29) is 5.78 Å². The summed E-state index contributed by atoms with van der Waals surface area (Å²) in [5.74, 6) is 0.0820. The molecule has 2 heterocycles. The van der Waals surface area contributed by atoms with Gasteiger partial charge in [-0.05, 0) is 31.5 Å². The smallest absolute Gasteiger partial charge is 0.170 e. The summed E-state index contributed by atoms with van der Waals surface area (Å²) in [6, 6.07) is 3.78. The number of aryl methyl sites for hydroxylation is 3. The van der Waals surface area contributed by atoms with Gasteiger partial charge >= 0.3 is 0 Å². The fourth-order valence-electron chi connectivity index (χ4n) is 1.85.